The molecule has 7 heteroatoms. The van der Waals surface area contributed by atoms with Crippen LogP contribution in [0.15, 0.2) is 18.2 Å². The molecule has 7 nitrogen and oxygen atoms in total. The lowest BCUT2D eigenvalue weighted by Crippen LogP contribution is -2.41. The van der Waals surface area contributed by atoms with Crippen molar-refractivity contribution < 1.29 is 28.6 Å². The van der Waals surface area contributed by atoms with Crippen molar-refractivity contribution in [2.45, 2.75) is 38.7 Å². The van der Waals surface area contributed by atoms with Crippen LogP contribution in [-0.2, 0) is 14.3 Å². The van der Waals surface area contributed by atoms with Crippen LogP contribution >= 0.6 is 0 Å². The fourth-order valence-electron chi connectivity index (χ4n) is 2.94. The van der Waals surface area contributed by atoms with Crippen LogP contribution in [0.1, 0.15) is 53.3 Å². The molecule has 0 unspecified atom stereocenters. The van der Waals surface area contributed by atoms with Gasteiger partial charge < -0.3 is 19.1 Å². The third-order valence-electron chi connectivity index (χ3n) is 4.33. The Bertz CT molecular complexity index is 630. The maximum atomic E-state index is 12.6. The van der Waals surface area contributed by atoms with Crippen molar-refractivity contribution in [1.82, 2.24) is 4.90 Å². The van der Waals surface area contributed by atoms with Crippen LogP contribution in [0.4, 0.5) is 0 Å². The van der Waals surface area contributed by atoms with Gasteiger partial charge in [0.25, 0.3) is 5.91 Å². The fraction of sp³-hybridized carbons (Fsp3) is 0.526. The summed E-state index contributed by atoms with van der Waals surface area (Å²) in [6, 6.07) is 4.26. The van der Waals surface area contributed by atoms with Crippen molar-refractivity contribution in [2.24, 2.45) is 0 Å². The molecule has 1 aromatic carbocycles. The molecule has 1 amide bonds. The Balaban J connectivity index is 2.19. The molecule has 142 valence electrons. The lowest BCUT2D eigenvalue weighted by atomic mass is 10.1. The standard InChI is InChI=1S/C19H25NO6/c1-13(17(21)20-8-6-4-5-7-9-20)26-16-11-14(18(22)24-2)10-15(12-16)19(23)25-3/h10-13H,4-9H2,1-3H3/t13-/m1/s1. The number of hydrogen-bond acceptors (Lipinski definition) is 6. The average molecular weight is 363 g/mol. The molecule has 1 fully saturated rings. The molecule has 1 atom stereocenters. The van der Waals surface area contributed by atoms with Crippen molar-refractivity contribution >= 4 is 17.8 Å². The van der Waals surface area contributed by atoms with Gasteiger partial charge in [0.2, 0.25) is 0 Å². The van der Waals surface area contributed by atoms with Crippen LogP contribution in [0.5, 0.6) is 5.75 Å². The first-order valence-electron chi connectivity index (χ1n) is 8.73. The smallest absolute Gasteiger partial charge is 0.338 e. The van der Waals surface area contributed by atoms with Crippen LogP contribution in [0, 0.1) is 0 Å². The predicted octanol–water partition coefficient (Wildman–Crippen LogP) is 2.43. The van der Waals surface area contributed by atoms with E-state index in [-0.39, 0.29) is 22.8 Å². The summed E-state index contributed by atoms with van der Waals surface area (Å²) in [5.74, 6) is -1.07. The first-order chi connectivity index (χ1) is 12.5. The molecule has 0 N–H and O–H groups in total. The van der Waals surface area contributed by atoms with Gasteiger partial charge in [-0.1, -0.05) is 12.8 Å². The third kappa shape index (κ3) is 4.97. The minimum Gasteiger partial charge on any atom is -0.481 e. The van der Waals surface area contributed by atoms with Crippen molar-refractivity contribution in [3.63, 3.8) is 0 Å². The highest BCUT2D eigenvalue weighted by atomic mass is 16.5. The SMILES string of the molecule is COC(=O)c1cc(O[C@H](C)C(=O)N2CCCCCC2)cc(C(=O)OC)c1. The van der Waals surface area contributed by atoms with E-state index in [1.54, 1.807) is 6.92 Å². The lowest BCUT2D eigenvalue weighted by Gasteiger charge is -2.24. The highest BCUT2D eigenvalue weighted by Gasteiger charge is 2.24. The number of ether oxygens (including phenoxy) is 3. The summed E-state index contributed by atoms with van der Waals surface area (Å²) >= 11 is 0. The van der Waals surface area contributed by atoms with Gasteiger partial charge in [0, 0.05) is 13.1 Å². The van der Waals surface area contributed by atoms with Crippen molar-refractivity contribution in [3.8, 4) is 5.75 Å². The van der Waals surface area contributed by atoms with Crippen LogP contribution in [0.3, 0.4) is 0 Å². The number of benzene rings is 1. The molecule has 1 saturated heterocycles. The number of carbonyl (C=O) groups excluding carboxylic acids is 3. The van der Waals surface area contributed by atoms with Gasteiger partial charge in [0.05, 0.1) is 25.3 Å². The molecule has 1 aromatic rings. The van der Waals surface area contributed by atoms with E-state index < -0.39 is 18.0 Å². The van der Waals surface area contributed by atoms with E-state index >= 15 is 0 Å². The van der Waals surface area contributed by atoms with Gasteiger partial charge in [-0.15, -0.1) is 0 Å². The summed E-state index contributed by atoms with van der Waals surface area (Å²) in [4.78, 5) is 38.1. The van der Waals surface area contributed by atoms with Crippen LogP contribution in [0.25, 0.3) is 0 Å². The van der Waals surface area contributed by atoms with Gasteiger partial charge in [-0.2, -0.15) is 0 Å². The Labute approximate surface area is 153 Å². The number of esters is 2. The van der Waals surface area contributed by atoms with E-state index in [2.05, 4.69) is 0 Å². The van der Waals surface area contributed by atoms with E-state index in [1.807, 2.05) is 4.90 Å². The monoisotopic (exact) mass is 363 g/mol. The number of carbonyl (C=O) groups is 3. The maximum absolute atomic E-state index is 12.6. The maximum Gasteiger partial charge on any atom is 0.338 e. The molecule has 1 heterocycles. The van der Waals surface area contributed by atoms with E-state index in [0.29, 0.717) is 0 Å². The molecule has 0 bridgehead atoms. The lowest BCUT2D eigenvalue weighted by molar-refractivity contribution is -0.137. The van der Waals surface area contributed by atoms with E-state index in [9.17, 15) is 14.4 Å². The summed E-state index contributed by atoms with van der Waals surface area (Å²) in [6.45, 7) is 3.11. The minimum absolute atomic E-state index is 0.102. The minimum atomic E-state index is -0.730. The Morgan fingerprint density at radius 1 is 0.885 bits per heavy atom. The molecule has 2 rings (SSSR count). The Morgan fingerprint density at radius 3 is 1.85 bits per heavy atom. The number of nitrogens with zero attached hydrogens (tertiary/aromatic N) is 1. The molecule has 1 aliphatic rings. The van der Waals surface area contributed by atoms with Gasteiger partial charge in [-0.05, 0) is 38.0 Å². The predicted molar refractivity (Wildman–Crippen MR) is 94.3 cm³/mol. The summed E-state index contributed by atoms with van der Waals surface area (Å²) in [5.41, 5.74) is 0.305. The van der Waals surface area contributed by atoms with Gasteiger partial charge in [-0.3, -0.25) is 4.79 Å². The fourth-order valence-corrected chi connectivity index (χ4v) is 2.94. The van der Waals surface area contributed by atoms with E-state index in [4.69, 9.17) is 14.2 Å². The van der Waals surface area contributed by atoms with Gasteiger partial charge in [-0.25, -0.2) is 9.59 Å². The summed E-state index contributed by atoms with van der Waals surface area (Å²) in [7, 11) is 2.50. The average Bonchev–Trinajstić information content (AvgIpc) is 2.95. The largest absolute Gasteiger partial charge is 0.481 e. The van der Waals surface area contributed by atoms with Crippen LogP contribution < -0.4 is 4.74 Å². The zero-order valence-electron chi connectivity index (χ0n) is 15.4. The molecule has 26 heavy (non-hydrogen) atoms. The molecule has 0 aromatic heterocycles. The van der Waals surface area contributed by atoms with Crippen molar-refractivity contribution in [2.75, 3.05) is 27.3 Å². The summed E-state index contributed by atoms with van der Waals surface area (Å²) in [6.07, 6.45) is 3.50. The number of hydrogen-bond donors (Lipinski definition) is 0. The Morgan fingerprint density at radius 2 is 1.38 bits per heavy atom. The van der Waals surface area contributed by atoms with Gasteiger partial charge in [0.15, 0.2) is 6.10 Å². The Kier molecular flexibility index (Phi) is 7.00. The molecular formula is C19H25NO6. The Hall–Kier alpha value is -2.57. The number of methoxy groups -OCH3 is 2. The molecule has 0 saturated carbocycles. The normalized spacial score (nSPS) is 15.6. The first-order valence-corrected chi connectivity index (χ1v) is 8.73. The second kappa shape index (κ2) is 9.22. The van der Waals surface area contributed by atoms with E-state index in [1.165, 1.54) is 32.4 Å². The number of rotatable bonds is 5. The quantitative estimate of drug-likeness (QED) is 0.747. The molecule has 0 aliphatic carbocycles. The van der Waals surface area contributed by atoms with Gasteiger partial charge >= 0.3 is 11.9 Å². The second-order valence-corrected chi connectivity index (χ2v) is 6.23. The molecule has 0 radical (unpaired) electrons. The van der Waals surface area contributed by atoms with E-state index in [0.717, 1.165) is 38.8 Å². The topological polar surface area (TPSA) is 82.1 Å². The third-order valence-corrected chi connectivity index (χ3v) is 4.33. The molecule has 1 aliphatic heterocycles. The number of likely N-dealkylation sites (tertiary alicyclic amines) is 1. The van der Waals surface area contributed by atoms with Crippen molar-refractivity contribution in [3.05, 3.63) is 29.3 Å². The highest BCUT2D eigenvalue weighted by molar-refractivity contribution is 5.96. The second-order valence-electron chi connectivity index (χ2n) is 6.23. The first kappa shape index (κ1) is 19.8. The summed E-state index contributed by atoms with van der Waals surface area (Å²) < 4.78 is 15.1. The molecular weight excluding hydrogens is 338 g/mol. The van der Waals surface area contributed by atoms with Gasteiger partial charge in [0.1, 0.15) is 5.75 Å². The highest BCUT2D eigenvalue weighted by Crippen LogP contribution is 2.21. The zero-order chi connectivity index (χ0) is 19.1. The molecule has 0 spiro atoms. The number of amides is 1. The summed E-state index contributed by atoms with van der Waals surface area (Å²) in [5, 5.41) is 0. The zero-order valence-corrected chi connectivity index (χ0v) is 15.4. The van der Waals surface area contributed by atoms with Crippen LogP contribution in [0.2, 0.25) is 0 Å². The van der Waals surface area contributed by atoms with Crippen molar-refractivity contribution in [1.29, 1.82) is 0 Å². The van der Waals surface area contributed by atoms with Crippen LogP contribution in [-0.4, -0.2) is 56.2 Å².